The van der Waals surface area contributed by atoms with E-state index in [1.54, 1.807) is 0 Å². The molecule has 25 heavy (non-hydrogen) atoms. The highest BCUT2D eigenvalue weighted by atomic mass is 15.3. The molecule has 124 valence electrons. The molecule has 1 heterocycles. The van der Waals surface area contributed by atoms with Gasteiger partial charge in [0.2, 0.25) is 0 Å². The first-order valence-electron chi connectivity index (χ1n) is 9.15. The highest BCUT2D eigenvalue weighted by molar-refractivity contribution is 5.76. The van der Waals surface area contributed by atoms with Gasteiger partial charge in [-0.2, -0.15) is 5.10 Å². The topological polar surface area (TPSA) is 17.8 Å². The van der Waals surface area contributed by atoms with Crippen LogP contribution in [0.4, 0.5) is 0 Å². The molecule has 1 fully saturated rings. The van der Waals surface area contributed by atoms with Gasteiger partial charge in [-0.15, -0.1) is 0 Å². The van der Waals surface area contributed by atoms with Crippen LogP contribution in [0.2, 0.25) is 0 Å². The normalized spacial score (nSPS) is 16.4. The highest BCUT2D eigenvalue weighted by Gasteiger charge is 2.23. The average Bonchev–Trinajstić information content (AvgIpc) is 3.31. The maximum atomic E-state index is 4.60. The van der Waals surface area contributed by atoms with Crippen LogP contribution in [-0.2, 0) is 6.42 Å². The molecule has 2 aromatic carbocycles. The minimum Gasteiger partial charge on any atom is -0.233 e. The molecule has 0 amide bonds. The molecule has 0 unspecified atom stereocenters. The Hall–Kier alpha value is -2.61. The second-order valence-electron chi connectivity index (χ2n) is 7.45. The summed E-state index contributed by atoms with van der Waals surface area (Å²) in [6.45, 7) is 4.46. The first kappa shape index (κ1) is 14.7. The number of fused-ring (bicyclic) bond motifs is 1. The lowest BCUT2D eigenvalue weighted by Gasteiger charge is -2.11. The molecule has 0 aliphatic heterocycles. The minimum absolute atomic E-state index is 0.800. The third kappa shape index (κ3) is 2.44. The van der Waals surface area contributed by atoms with Crippen LogP contribution in [-0.4, -0.2) is 9.78 Å². The summed E-state index contributed by atoms with van der Waals surface area (Å²) in [5.74, 6) is 0.800. The number of rotatable bonds is 3. The molecular weight excluding hydrogens is 304 g/mol. The van der Waals surface area contributed by atoms with Crippen LogP contribution < -0.4 is 0 Å². The summed E-state index contributed by atoms with van der Waals surface area (Å²) < 4.78 is 2.06. The molecule has 0 saturated heterocycles. The van der Waals surface area contributed by atoms with Gasteiger partial charge in [-0.05, 0) is 79.5 Å². The Balaban J connectivity index is 1.55. The second kappa shape index (κ2) is 5.45. The fourth-order valence-corrected chi connectivity index (χ4v) is 3.92. The van der Waals surface area contributed by atoms with E-state index in [2.05, 4.69) is 72.2 Å². The Labute approximate surface area is 148 Å². The fourth-order valence-electron chi connectivity index (χ4n) is 3.92. The second-order valence-corrected chi connectivity index (χ2v) is 7.45. The molecule has 2 nitrogen and oxygen atoms in total. The number of allylic oxidation sites excluding steroid dienone is 2. The van der Waals surface area contributed by atoms with Gasteiger partial charge in [-0.3, -0.25) is 0 Å². The standard InChI is InChI=1S/C23H22N2/c1-15-13-20-9-10-21(14-22(20)16(15)2)25-23(11-12-24-25)19-7-5-18(6-8-19)17-3-4-17/h5-12,14,17H,3-4,13H2,1-2H3. The lowest BCUT2D eigenvalue weighted by atomic mass is 10.0. The summed E-state index contributed by atoms with van der Waals surface area (Å²) in [5.41, 5.74) is 10.7. The molecule has 2 aliphatic carbocycles. The van der Waals surface area contributed by atoms with Crippen molar-refractivity contribution in [3.05, 3.63) is 77.0 Å². The third-order valence-corrected chi connectivity index (χ3v) is 5.74. The van der Waals surface area contributed by atoms with Crippen LogP contribution >= 0.6 is 0 Å². The summed E-state index contributed by atoms with van der Waals surface area (Å²) in [7, 11) is 0. The van der Waals surface area contributed by atoms with Crippen molar-refractivity contribution in [2.24, 2.45) is 0 Å². The third-order valence-electron chi connectivity index (χ3n) is 5.74. The summed E-state index contributed by atoms with van der Waals surface area (Å²) in [4.78, 5) is 0. The van der Waals surface area contributed by atoms with Gasteiger partial charge in [-0.25, -0.2) is 4.68 Å². The molecule has 0 N–H and O–H groups in total. The van der Waals surface area contributed by atoms with Crippen molar-refractivity contribution in [2.75, 3.05) is 0 Å². The lowest BCUT2D eigenvalue weighted by molar-refractivity contribution is 0.886. The highest BCUT2D eigenvalue weighted by Crippen LogP contribution is 2.40. The molecular formula is C23H22N2. The zero-order valence-electron chi connectivity index (χ0n) is 14.8. The fraction of sp³-hybridized carbons (Fsp3) is 0.261. The van der Waals surface area contributed by atoms with Crippen molar-refractivity contribution in [3.8, 4) is 16.9 Å². The van der Waals surface area contributed by atoms with Crippen LogP contribution in [0.25, 0.3) is 22.5 Å². The molecule has 1 aromatic heterocycles. The van der Waals surface area contributed by atoms with Gasteiger partial charge in [-0.1, -0.05) is 35.9 Å². The smallest absolute Gasteiger partial charge is 0.0740 e. The van der Waals surface area contributed by atoms with Crippen LogP contribution in [0.1, 0.15) is 49.3 Å². The predicted octanol–water partition coefficient (Wildman–Crippen LogP) is 5.77. The maximum absolute atomic E-state index is 4.60. The van der Waals surface area contributed by atoms with Crippen molar-refractivity contribution in [2.45, 2.75) is 39.0 Å². The Bertz CT molecular complexity index is 985. The van der Waals surface area contributed by atoms with Crippen molar-refractivity contribution < 1.29 is 0 Å². The van der Waals surface area contributed by atoms with E-state index in [-0.39, 0.29) is 0 Å². The van der Waals surface area contributed by atoms with Gasteiger partial charge in [0.25, 0.3) is 0 Å². The lowest BCUT2D eigenvalue weighted by Crippen LogP contribution is -2.00. The van der Waals surface area contributed by atoms with E-state index >= 15 is 0 Å². The van der Waals surface area contributed by atoms with E-state index in [0.717, 1.165) is 23.7 Å². The van der Waals surface area contributed by atoms with E-state index in [4.69, 9.17) is 0 Å². The number of aromatic nitrogens is 2. The van der Waals surface area contributed by atoms with E-state index in [9.17, 15) is 0 Å². The Kier molecular flexibility index (Phi) is 3.21. The largest absolute Gasteiger partial charge is 0.233 e. The van der Waals surface area contributed by atoms with E-state index in [1.165, 1.54) is 46.2 Å². The summed E-state index contributed by atoms with van der Waals surface area (Å²) in [6, 6.07) is 17.9. The van der Waals surface area contributed by atoms with Gasteiger partial charge in [0.15, 0.2) is 0 Å². The summed E-state index contributed by atoms with van der Waals surface area (Å²) in [6.07, 6.45) is 5.67. The average molecular weight is 326 g/mol. The molecule has 0 radical (unpaired) electrons. The van der Waals surface area contributed by atoms with Crippen molar-refractivity contribution in [1.82, 2.24) is 9.78 Å². The van der Waals surface area contributed by atoms with Crippen molar-refractivity contribution >= 4 is 5.57 Å². The molecule has 2 aliphatic rings. The van der Waals surface area contributed by atoms with Gasteiger partial charge in [0, 0.05) is 5.56 Å². The summed E-state index contributed by atoms with van der Waals surface area (Å²) >= 11 is 0. The molecule has 1 saturated carbocycles. The SMILES string of the molecule is CC1=C(C)c2cc(-n3nccc3-c3ccc(C4CC4)cc3)ccc2C1. The number of benzene rings is 2. The van der Waals surface area contributed by atoms with E-state index in [1.807, 2.05) is 6.20 Å². The van der Waals surface area contributed by atoms with E-state index < -0.39 is 0 Å². The maximum Gasteiger partial charge on any atom is 0.0740 e. The van der Waals surface area contributed by atoms with Gasteiger partial charge < -0.3 is 0 Å². The monoisotopic (exact) mass is 326 g/mol. The first-order valence-corrected chi connectivity index (χ1v) is 9.15. The number of hydrogen-bond acceptors (Lipinski definition) is 1. The zero-order chi connectivity index (χ0) is 17.0. The molecule has 0 atom stereocenters. The Morgan fingerprint density at radius 2 is 1.76 bits per heavy atom. The minimum atomic E-state index is 0.800. The molecule has 0 bridgehead atoms. The first-order chi connectivity index (χ1) is 12.2. The molecule has 3 aromatic rings. The van der Waals surface area contributed by atoms with Gasteiger partial charge in [0.1, 0.15) is 0 Å². The molecule has 5 rings (SSSR count). The van der Waals surface area contributed by atoms with Gasteiger partial charge in [0.05, 0.1) is 17.6 Å². The number of hydrogen-bond donors (Lipinski definition) is 0. The van der Waals surface area contributed by atoms with Crippen molar-refractivity contribution in [3.63, 3.8) is 0 Å². The zero-order valence-corrected chi connectivity index (χ0v) is 14.8. The molecule has 2 heteroatoms. The van der Waals surface area contributed by atoms with Gasteiger partial charge >= 0.3 is 0 Å². The van der Waals surface area contributed by atoms with Crippen LogP contribution in [0.3, 0.4) is 0 Å². The predicted molar refractivity (Wildman–Crippen MR) is 103 cm³/mol. The van der Waals surface area contributed by atoms with Crippen molar-refractivity contribution in [1.29, 1.82) is 0 Å². The Morgan fingerprint density at radius 1 is 0.960 bits per heavy atom. The van der Waals surface area contributed by atoms with Crippen LogP contribution in [0.15, 0.2) is 60.3 Å². The number of nitrogens with zero attached hydrogens (tertiary/aromatic N) is 2. The van der Waals surface area contributed by atoms with Crippen LogP contribution in [0, 0.1) is 0 Å². The molecule has 0 spiro atoms. The Morgan fingerprint density at radius 3 is 2.52 bits per heavy atom. The summed E-state index contributed by atoms with van der Waals surface area (Å²) in [5, 5.41) is 4.60. The van der Waals surface area contributed by atoms with Crippen LogP contribution in [0.5, 0.6) is 0 Å². The van der Waals surface area contributed by atoms with E-state index in [0.29, 0.717) is 0 Å². The quantitative estimate of drug-likeness (QED) is 0.598.